The third-order valence-corrected chi connectivity index (χ3v) is 2.26. The van der Waals surface area contributed by atoms with Crippen LogP contribution in [0.3, 0.4) is 0 Å². The molecule has 0 fully saturated rings. The van der Waals surface area contributed by atoms with Crippen LogP contribution >= 0.6 is 0 Å². The molecule has 0 aromatic carbocycles. The van der Waals surface area contributed by atoms with Gasteiger partial charge in [-0.05, 0) is 6.07 Å². The molecule has 0 amide bonds. The lowest BCUT2D eigenvalue weighted by Crippen LogP contribution is -2.32. The van der Waals surface area contributed by atoms with E-state index in [4.69, 9.17) is 21.2 Å². The van der Waals surface area contributed by atoms with E-state index < -0.39 is 0 Å². The van der Waals surface area contributed by atoms with E-state index in [0.29, 0.717) is 24.3 Å². The Balaban J connectivity index is 3.08. The first-order valence-electron chi connectivity index (χ1n) is 5.13. The third kappa shape index (κ3) is 3.30. The molecule has 1 aromatic heterocycles. The molecule has 7 nitrogen and oxygen atoms in total. The summed E-state index contributed by atoms with van der Waals surface area (Å²) in [6.45, 7) is 0.533. The molecule has 1 aromatic rings. The lowest BCUT2D eigenvalue weighted by molar-refractivity contribution is 0.281. The Labute approximate surface area is 98.8 Å². The maximum atomic E-state index is 8.96. The van der Waals surface area contributed by atoms with Crippen molar-refractivity contribution in [1.82, 2.24) is 4.98 Å². The maximum absolute atomic E-state index is 8.96. The van der Waals surface area contributed by atoms with E-state index in [-0.39, 0.29) is 19.0 Å². The molecule has 0 aliphatic rings. The summed E-state index contributed by atoms with van der Waals surface area (Å²) in [5.74, 6) is -0.0386. The van der Waals surface area contributed by atoms with Gasteiger partial charge < -0.3 is 26.1 Å². The molecule has 0 bridgehead atoms. The Morgan fingerprint density at radius 2 is 2.00 bits per heavy atom. The van der Waals surface area contributed by atoms with Crippen LogP contribution < -0.4 is 10.6 Å². The fourth-order valence-electron chi connectivity index (χ4n) is 1.50. The molecule has 1 rings (SSSR count). The van der Waals surface area contributed by atoms with Crippen molar-refractivity contribution in [2.45, 2.75) is 0 Å². The van der Waals surface area contributed by atoms with Crippen LogP contribution in [0.15, 0.2) is 23.6 Å². The monoisotopic (exact) mass is 240 g/mol. The lowest BCUT2D eigenvalue weighted by Gasteiger charge is -2.24. The van der Waals surface area contributed by atoms with Crippen LogP contribution in [0.25, 0.3) is 0 Å². The van der Waals surface area contributed by atoms with Crippen LogP contribution in [0.1, 0.15) is 5.56 Å². The number of nitrogens with zero attached hydrogens (tertiary/aromatic N) is 3. The number of pyridine rings is 1. The first-order chi connectivity index (χ1) is 8.24. The van der Waals surface area contributed by atoms with Gasteiger partial charge in [0.25, 0.3) is 0 Å². The molecule has 0 spiro atoms. The lowest BCUT2D eigenvalue weighted by atomic mass is 10.2. The second-order valence-corrected chi connectivity index (χ2v) is 3.31. The van der Waals surface area contributed by atoms with Crippen molar-refractivity contribution < 1.29 is 15.4 Å². The zero-order valence-corrected chi connectivity index (χ0v) is 9.32. The van der Waals surface area contributed by atoms with Crippen LogP contribution in [-0.2, 0) is 0 Å². The number of amidine groups is 1. The highest BCUT2D eigenvalue weighted by Crippen LogP contribution is 2.18. The molecule has 94 valence electrons. The van der Waals surface area contributed by atoms with Gasteiger partial charge in [-0.15, -0.1) is 0 Å². The maximum Gasteiger partial charge on any atom is 0.172 e. The van der Waals surface area contributed by atoms with Gasteiger partial charge in [0.15, 0.2) is 5.84 Å². The number of hydrogen-bond acceptors (Lipinski definition) is 6. The average Bonchev–Trinajstić information content (AvgIpc) is 2.37. The molecule has 1 heterocycles. The SMILES string of the molecule is N/C(=N/O)c1ccncc1N(CCO)CCO. The summed E-state index contributed by atoms with van der Waals surface area (Å²) in [6.07, 6.45) is 3.06. The second-order valence-electron chi connectivity index (χ2n) is 3.31. The first-order valence-corrected chi connectivity index (χ1v) is 5.13. The molecule has 0 atom stereocenters. The summed E-state index contributed by atoms with van der Waals surface area (Å²) >= 11 is 0. The van der Waals surface area contributed by atoms with E-state index in [1.807, 2.05) is 0 Å². The van der Waals surface area contributed by atoms with Crippen molar-refractivity contribution in [2.24, 2.45) is 10.9 Å². The van der Waals surface area contributed by atoms with Crippen LogP contribution in [0, 0.1) is 0 Å². The summed E-state index contributed by atoms with van der Waals surface area (Å²) in [5.41, 5.74) is 6.65. The van der Waals surface area contributed by atoms with Crippen molar-refractivity contribution in [3.8, 4) is 0 Å². The van der Waals surface area contributed by atoms with Gasteiger partial charge in [-0.25, -0.2) is 0 Å². The molecule has 0 saturated heterocycles. The predicted molar refractivity (Wildman–Crippen MR) is 63.1 cm³/mol. The highest BCUT2D eigenvalue weighted by Gasteiger charge is 2.13. The largest absolute Gasteiger partial charge is 0.409 e. The molecular formula is C10H16N4O3. The van der Waals surface area contributed by atoms with E-state index >= 15 is 0 Å². The second kappa shape index (κ2) is 6.66. The van der Waals surface area contributed by atoms with Gasteiger partial charge in [0.1, 0.15) is 0 Å². The van der Waals surface area contributed by atoms with Crippen LogP contribution in [0.5, 0.6) is 0 Å². The Morgan fingerprint density at radius 1 is 1.35 bits per heavy atom. The van der Waals surface area contributed by atoms with Crippen LogP contribution in [0.2, 0.25) is 0 Å². The Kier molecular flexibility index (Phi) is 5.18. The van der Waals surface area contributed by atoms with E-state index in [2.05, 4.69) is 10.1 Å². The minimum Gasteiger partial charge on any atom is -0.409 e. The van der Waals surface area contributed by atoms with Gasteiger partial charge in [0.05, 0.1) is 25.1 Å². The zero-order chi connectivity index (χ0) is 12.7. The number of rotatable bonds is 6. The summed E-state index contributed by atoms with van der Waals surface area (Å²) in [6, 6.07) is 1.60. The standard InChI is InChI=1S/C10H16N4O3/c11-10(13-17)8-1-2-12-7-9(8)14(3-5-15)4-6-16/h1-2,7,15-17H,3-6H2,(H2,11,13). The number of aliphatic hydroxyl groups is 2. The van der Waals surface area contributed by atoms with Gasteiger partial charge in [0.2, 0.25) is 0 Å². The summed E-state index contributed by atoms with van der Waals surface area (Å²) in [5, 5.41) is 29.5. The van der Waals surface area contributed by atoms with E-state index in [9.17, 15) is 0 Å². The van der Waals surface area contributed by atoms with Crippen LogP contribution in [-0.4, -0.2) is 52.5 Å². The molecule has 7 heteroatoms. The fraction of sp³-hybridized carbons (Fsp3) is 0.400. The fourth-order valence-corrected chi connectivity index (χ4v) is 1.50. The van der Waals surface area contributed by atoms with Gasteiger partial charge in [-0.1, -0.05) is 5.16 Å². The Morgan fingerprint density at radius 3 is 2.53 bits per heavy atom. The summed E-state index contributed by atoms with van der Waals surface area (Å²) in [7, 11) is 0. The zero-order valence-electron chi connectivity index (χ0n) is 9.32. The van der Waals surface area contributed by atoms with Gasteiger partial charge in [-0.3, -0.25) is 4.98 Å². The van der Waals surface area contributed by atoms with Crippen molar-refractivity contribution in [3.05, 3.63) is 24.0 Å². The van der Waals surface area contributed by atoms with Gasteiger partial charge in [0, 0.05) is 24.8 Å². The van der Waals surface area contributed by atoms with Gasteiger partial charge in [-0.2, -0.15) is 0 Å². The number of hydrogen-bond donors (Lipinski definition) is 4. The highest BCUT2D eigenvalue weighted by molar-refractivity contribution is 6.01. The normalized spacial score (nSPS) is 11.5. The molecular weight excluding hydrogens is 224 g/mol. The Bertz CT molecular complexity index is 378. The van der Waals surface area contributed by atoms with Gasteiger partial charge >= 0.3 is 0 Å². The molecule has 5 N–H and O–H groups in total. The topological polar surface area (TPSA) is 115 Å². The summed E-state index contributed by atoms with van der Waals surface area (Å²) in [4.78, 5) is 5.66. The van der Waals surface area contributed by atoms with Crippen molar-refractivity contribution in [1.29, 1.82) is 0 Å². The Hall–Kier alpha value is -1.86. The predicted octanol–water partition coefficient (Wildman–Crippen LogP) is -1.03. The van der Waals surface area contributed by atoms with Crippen molar-refractivity contribution in [3.63, 3.8) is 0 Å². The molecule has 0 aliphatic heterocycles. The molecule has 0 aliphatic carbocycles. The molecule has 0 unspecified atom stereocenters. The molecule has 17 heavy (non-hydrogen) atoms. The highest BCUT2D eigenvalue weighted by atomic mass is 16.4. The van der Waals surface area contributed by atoms with E-state index in [1.54, 1.807) is 17.2 Å². The third-order valence-electron chi connectivity index (χ3n) is 2.26. The molecule has 0 saturated carbocycles. The van der Waals surface area contributed by atoms with E-state index in [1.165, 1.54) is 6.20 Å². The van der Waals surface area contributed by atoms with Crippen molar-refractivity contribution in [2.75, 3.05) is 31.2 Å². The number of oxime groups is 1. The number of aromatic nitrogens is 1. The minimum absolute atomic E-state index is 0.0386. The number of anilines is 1. The number of aliphatic hydroxyl groups excluding tert-OH is 2. The van der Waals surface area contributed by atoms with E-state index in [0.717, 1.165) is 0 Å². The quantitative estimate of drug-likeness (QED) is 0.219. The summed E-state index contributed by atoms with van der Waals surface area (Å²) < 4.78 is 0. The molecule has 0 radical (unpaired) electrons. The first kappa shape index (κ1) is 13.2. The number of nitrogens with two attached hydrogens (primary N) is 1. The van der Waals surface area contributed by atoms with Crippen molar-refractivity contribution >= 4 is 11.5 Å². The smallest absolute Gasteiger partial charge is 0.172 e. The minimum atomic E-state index is -0.0650. The average molecular weight is 240 g/mol. The van der Waals surface area contributed by atoms with Crippen LogP contribution in [0.4, 0.5) is 5.69 Å².